The Morgan fingerprint density at radius 3 is 2.82 bits per heavy atom. The quantitative estimate of drug-likeness (QED) is 0.818. The van der Waals surface area contributed by atoms with E-state index < -0.39 is 37.6 Å². The lowest BCUT2D eigenvalue weighted by Crippen LogP contribution is -2.63. The third-order valence-electron chi connectivity index (χ3n) is 2.47. The van der Waals surface area contributed by atoms with Crippen LogP contribution in [0.3, 0.4) is 0 Å². The highest BCUT2D eigenvalue weighted by Gasteiger charge is 2.44. The lowest BCUT2D eigenvalue weighted by Gasteiger charge is -2.46. The van der Waals surface area contributed by atoms with Crippen LogP contribution < -0.4 is 5.32 Å². The van der Waals surface area contributed by atoms with Crippen molar-refractivity contribution in [3.05, 3.63) is 34.9 Å². The van der Waals surface area contributed by atoms with E-state index in [0.717, 1.165) is 6.92 Å². The Bertz CT molecular complexity index is 672. The molecule has 17 heavy (non-hydrogen) atoms. The summed E-state index contributed by atoms with van der Waals surface area (Å²) < 4.78 is 75.3. The van der Waals surface area contributed by atoms with Gasteiger partial charge in [0.2, 0.25) is 5.79 Å². The average molecular weight is 265 g/mol. The number of aliphatic hydroxyl groups is 1. The highest BCUT2D eigenvalue weighted by Crippen LogP contribution is 2.33. The van der Waals surface area contributed by atoms with Gasteiger partial charge in [-0.1, -0.05) is 23.7 Å². The molecule has 0 aromatic heterocycles. The zero-order valence-electron chi connectivity index (χ0n) is 18.0. The Balaban J connectivity index is 2.70. The monoisotopic (exact) mass is 264 g/mol. The molecule has 94 valence electrons. The van der Waals surface area contributed by atoms with Gasteiger partial charge in [-0.25, -0.2) is 0 Å². The molecule has 2 rings (SSSR count). The average Bonchev–Trinajstić information content (AvgIpc) is 2.40. The minimum Gasteiger partial charge on any atom is -0.361 e. The predicted molar refractivity (Wildman–Crippen MR) is 68.0 cm³/mol. The first-order valence-corrected chi connectivity index (χ1v) is 5.27. The standard InChI is InChI=1S/C13H18ClNO2/c1-9-13(16,17-8-12(2,3)15-9)10-4-6-11(14)7-5-10/h4-7,9,15-16H,8H2,1-3H3/t9-,13+/m1/s1/i2D3,3D3,8D2,9D. The Hall–Kier alpha value is -0.610. The van der Waals surface area contributed by atoms with Crippen LogP contribution in [0.1, 0.15) is 38.5 Å². The molecule has 2 N–H and O–H groups in total. The van der Waals surface area contributed by atoms with Crippen LogP contribution in [0.4, 0.5) is 0 Å². The van der Waals surface area contributed by atoms with Crippen molar-refractivity contribution in [2.75, 3.05) is 6.56 Å². The van der Waals surface area contributed by atoms with Gasteiger partial charge in [0.05, 0.1) is 16.7 Å². The molecule has 0 amide bonds. The van der Waals surface area contributed by atoms with Crippen molar-refractivity contribution in [1.82, 2.24) is 5.32 Å². The summed E-state index contributed by atoms with van der Waals surface area (Å²) >= 11 is 5.78. The van der Waals surface area contributed by atoms with Gasteiger partial charge in [0, 0.05) is 24.3 Å². The summed E-state index contributed by atoms with van der Waals surface area (Å²) in [6.07, 6.45) is 0. The highest BCUT2D eigenvalue weighted by molar-refractivity contribution is 6.30. The summed E-state index contributed by atoms with van der Waals surface area (Å²) in [4.78, 5) is 0. The van der Waals surface area contributed by atoms with Crippen molar-refractivity contribution in [3.8, 4) is 0 Å². The molecule has 1 aromatic rings. The molecule has 1 fully saturated rings. The second-order valence-electron chi connectivity index (χ2n) is 3.86. The van der Waals surface area contributed by atoms with Gasteiger partial charge in [-0.3, -0.25) is 0 Å². The number of halogens is 1. The molecule has 0 spiro atoms. The highest BCUT2D eigenvalue weighted by atomic mass is 35.5. The lowest BCUT2D eigenvalue weighted by molar-refractivity contribution is -0.263. The smallest absolute Gasteiger partial charge is 0.208 e. The van der Waals surface area contributed by atoms with Gasteiger partial charge in [0.1, 0.15) is 0 Å². The second-order valence-corrected chi connectivity index (χ2v) is 4.29. The van der Waals surface area contributed by atoms with Crippen molar-refractivity contribution < 1.29 is 22.2 Å². The molecule has 1 aliphatic heterocycles. The van der Waals surface area contributed by atoms with E-state index in [1.807, 2.05) is 5.32 Å². The Morgan fingerprint density at radius 1 is 1.59 bits per heavy atom. The fourth-order valence-corrected chi connectivity index (χ4v) is 1.70. The molecule has 0 radical (unpaired) electrons. The third-order valence-corrected chi connectivity index (χ3v) is 2.72. The molecule has 1 saturated heterocycles. The maximum absolute atomic E-state index is 10.9. The molecule has 0 bridgehead atoms. The van der Waals surface area contributed by atoms with Gasteiger partial charge in [0.15, 0.2) is 0 Å². The molecule has 0 unspecified atom stereocenters. The summed E-state index contributed by atoms with van der Waals surface area (Å²) in [7, 11) is 0. The van der Waals surface area contributed by atoms with Crippen molar-refractivity contribution in [3.63, 3.8) is 0 Å². The van der Waals surface area contributed by atoms with E-state index in [4.69, 9.17) is 28.7 Å². The zero-order valence-corrected chi connectivity index (χ0v) is 9.80. The van der Waals surface area contributed by atoms with E-state index in [-0.39, 0.29) is 5.56 Å². The van der Waals surface area contributed by atoms with Crippen LogP contribution in [0.2, 0.25) is 5.02 Å². The van der Waals surface area contributed by atoms with Crippen LogP contribution in [-0.4, -0.2) is 23.2 Å². The van der Waals surface area contributed by atoms with E-state index in [0.29, 0.717) is 5.02 Å². The van der Waals surface area contributed by atoms with E-state index in [2.05, 4.69) is 0 Å². The van der Waals surface area contributed by atoms with Gasteiger partial charge in [-0.05, 0) is 32.8 Å². The zero-order chi connectivity index (χ0) is 20.4. The number of nitrogens with one attached hydrogen (secondary N) is 1. The van der Waals surface area contributed by atoms with Crippen LogP contribution in [-0.2, 0) is 10.5 Å². The van der Waals surface area contributed by atoms with Gasteiger partial charge in [-0.15, -0.1) is 0 Å². The van der Waals surface area contributed by atoms with Gasteiger partial charge in [-0.2, -0.15) is 0 Å². The minimum absolute atomic E-state index is 0.0968. The summed E-state index contributed by atoms with van der Waals surface area (Å²) in [6, 6.07) is 2.82. The largest absolute Gasteiger partial charge is 0.361 e. The summed E-state index contributed by atoms with van der Waals surface area (Å²) in [5.41, 5.74) is -3.34. The predicted octanol–water partition coefficient (Wildman–Crippen LogP) is 2.27. The molecule has 2 atom stereocenters. The number of hydrogen-bond donors (Lipinski definition) is 2. The molecule has 0 saturated carbocycles. The number of ether oxygens (including phenoxy) is 1. The molecule has 3 nitrogen and oxygen atoms in total. The van der Waals surface area contributed by atoms with E-state index in [9.17, 15) is 5.11 Å². The van der Waals surface area contributed by atoms with E-state index >= 15 is 0 Å². The topological polar surface area (TPSA) is 41.5 Å². The Morgan fingerprint density at radius 2 is 2.24 bits per heavy atom. The number of morpholine rings is 1. The Labute approximate surface area is 119 Å². The fraction of sp³-hybridized carbons (Fsp3) is 0.538. The van der Waals surface area contributed by atoms with Crippen molar-refractivity contribution >= 4 is 11.6 Å². The first kappa shape index (κ1) is 5.57. The van der Waals surface area contributed by atoms with Crippen LogP contribution in [0.25, 0.3) is 0 Å². The number of rotatable bonds is 1. The summed E-state index contributed by atoms with van der Waals surface area (Å²) in [5.74, 6) is -2.69. The van der Waals surface area contributed by atoms with Crippen molar-refractivity contribution in [1.29, 1.82) is 0 Å². The van der Waals surface area contributed by atoms with E-state index in [1.54, 1.807) is 0 Å². The molecular weight excluding hydrogens is 238 g/mol. The second kappa shape index (κ2) is 4.25. The molecule has 4 heteroatoms. The summed E-state index contributed by atoms with van der Waals surface area (Å²) in [5, 5.41) is 13.3. The van der Waals surface area contributed by atoms with Crippen LogP contribution in [0.15, 0.2) is 24.3 Å². The number of hydrogen-bond acceptors (Lipinski definition) is 3. The molecule has 1 aromatic carbocycles. The van der Waals surface area contributed by atoms with E-state index in [1.165, 1.54) is 24.3 Å². The minimum atomic E-state index is -3.43. The maximum atomic E-state index is 10.9. The van der Waals surface area contributed by atoms with Gasteiger partial charge < -0.3 is 15.2 Å². The van der Waals surface area contributed by atoms with Crippen molar-refractivity contribution in [2.45, 2.75) is 38.0 Å². The third kappa shape index (κ3) is 2.47. The maximum Gasteiger partial charge on any atom is 0.208 e. The van der Waals surface area contributed by atoms with Gasteiger partial charge >= 0.3 is 0 Å². The normalized spacial score (nSPS) is 49.0. The van der Waals surface area contributed by atoms with Crippen molar-refractivity contribution in [2.24, 2.45) is 0 Å². The van der Waals surface area contributed by atoms with Crippen LogP contribution in [0, 0.1) is 0 Å². The lowest BCUT2D eigenvalue weighted by atomic mass is 9.93. The molecule has 1 heterocycles. The molecule has 0 aliphatic carbocycles. The fourth-order valence-electron chi connectivity index (χ4n) is 1.57. The summed E-state index contributed by atoms with van der Waals surface area (Å²) in [6.45, 7) is -9.24. The molecular formula is C13H18ClNO2. The van der Waals surface area contributed by atoms with Crippen LogP contribution in [0.5, 0.6) is 0 Å². The SMILES string of the molecule is [2H]C([2H])([2H])C1(C([2H])([2H])[2H])N[C@]([2H])(C)[C@@](O)(c2ccc(Cl)cc2)OC1([2H])[2H]. The first-order valence-electron chi connectivity index (χ1n) is 9.39. The molecule has 1 aliphatic rings. The first-order chi connectivity index (χ1) is 11.4. The van der Waals surface area contributed by atoms with Gasteiger partial charge in [0.25, 0.3) is 0 Å². The van der Waals surface area contributed by atoms with Crippen LogP contribution >= 0.6 is 11.6 Å². The number of benzene rings is 1. The Kier molecular flexibility index (Phi) is 1.39.